The predicted molar refractivity (Wildman–Crippen MR) is 149 cm³/mol. The van der Waals surface area contributed by atoms with Gasteiger partial charge in [0, 0.05) is 19.6 Å². The fourth-order valence-electron chi connectivity index (χ4n) is 5.48. The van der Waals surface area contributed by atoms with Gasteiger partial charge in [0.2, 0.25) is 0 Å². The highest BCUT2D eigenvalue weighted by atomic mass is 32.2. The molecule has 0 fully saturated rings. The van der Waals surface area contributed by atoms with E-state index in [0.29, 0.717) is 0 Å². The zero-order valence-corrected chi connectivity index (χ0v) is 20.5. The Labute approximate surface area is 209 Å². The van der Waals surface area contributed by atoms with Crippen molar-refractivity contribution >= 4 is 43.1 Å². The molecule has 0 saturated carbocycles. The van der Waals surface area contributed by atoms with Crippen LogP contribution >= 0.6 is 23.5 Å². The lowest BCUT2D eigenvalue weighted by atomic mass is 9.92. The fraction of sp³-hybridized carbons (Fsp3) is 0.125. The largest absolute Gasteiger partial charge is 0.0864 e. The molecule has 0 unspecified atom stereocenters. The van der Waals surface area contributed by atoms with E-state index in [1.807, 2.05) is 23.5 Å². The maximum absolute atomic E-state index is 2.33. The summed E-state index contributed by atoms with van der Waals surface area (Å²) in [5.74, 6) is 0. The minimum Gasteiger partial charge on any atom is -0.0864 e. The third-order valence-electron chi connectivity index (χ3n) is 7.20. The summed E-state index contributed by atoms with van der Waals surface area (Å²) < 4.78 is 0. The molecule has 0 saturated heterocycles. The first-order valence-electron chi connectivity index (χ1n) is 12.0. The van der Waals surface area contributed by atoms with Crippen LogP contribution in [0, 0.1) is 0 Å². The van der Waals surface area contributed by atoms with Gasteiger partial charge < -0.3 is 0 Å². The Bertz CT molecular complexity index is 1280. The maximum atomic E-state index is 2.33. The summed E-state index contributed by atoms with van der Waals surface area (Å²) in [4.78, 5) is 5.66. The van der Waals surface area contributed by atoms with Gasteiger partial charge in [0.1, 0.15) is 0 Å². The highest BCUT2D eigenvalue weighted by Gasteiger charge is 2.31. The Balaban J connectivity index is 1.52. The Kier molecular flexibility index (Phi) is 5.03. The topological polar surface area (TPSA) is 0 Å². The number of thioether (sulfide) groups is 2. The third-order valence-corrected chi connectivity index (χ3v) is 9.97. The first-order valence-corrected chi connectivity index (χ1v) is 13.7. The van der Waals surface area contributed by atoms with Gasteiger partial charge in [-0.3, -0.25) is 0 Å². The third kappa shape index (κ3) is 3.32. The lowest BCUT2D eigenvalue weighted by molar-refractivity contribution is 0.950. The molecule has 2 heteroatoms. The van der Waals surface area contributed by atoms with Crippen molar-refractivity contribution in [2.24, 2.45) is 0 Å². The second-order valence-corrected chi connectivity index (χ2v) is 11.2. The molecule has 2 aliphatic carbocycles. The molecule has 0 spiro atoms. The quantitative estimate of drug-likeness (QED) is 0.251. The van der Waals surface area contributed by atoms with E-state index in [2.05, 4.69) is 97.1 Å². The second kappa shape index (κ2) is 8.37. The van der Waals surface area contributed by atoms with E-state index in [9.17, 15) is 0 Å². The van der Waals surface area contributed by atoms with Crippen molar-refractivity contribution in [2.75, 3.05) is 0 Å². The molecule has 164 valence electrons. The van der Waals surface area contributed by atoms with E-state index in [1.165, 1.54) is 64.1 Å². The Hall–Kier alpha value is -2.94. The number of fused-ring (bicyclic) bond motifs is 8. The summed E-state index contributed by atoms with van der Waals surface area (Å²) in [5, 5.41) is 0. The molecule has 3 aliphatic rings. The molecule has 1 heterocycles. The molecule has 0 N–H and O–H groups in total. The maximum Gasteiger partial charge on any atom is 0.0344 e. The van der Waals surface area contributed by atoms with Gasteiger partial charge in [0.05, 0.1) is 0 Å². The molecule has 4 aromatic rings. The predicted octanol–water partition coefficient (Wildman–Crippen LogP) is 8.72. The van der Waals surface area contributed by atoms with Gasteiger partial charge >= 0.3 is 0 Å². The summed E-state index contributed by atoms with van der Waals surface area (Å²) in [7, 11) is 0. The van der Waals surface area contributed by atoms with Crippen LogP contribution < -0.4 is 0 Å². The van der Waals surface area contributed by atoms with Crippen molar-refractivity contribution in [1.82, 2.24) is 0 Å². The average Bonchev–Trinajstić information content (AvgIpc) is 2.89. The van der Waals surface area contributed by atoms with Crippen LogP contribution in [0.3, 0.4) is 0 Å². The Morgan fingerprint density at radius 2 is 0.559 bits per heavy atom. The van der Waals surface area contributed by atoms with E-state index >= 15 is 0 Å². The number of benzene rings is 4. The number of rotatable bonds is 0. The smallest absolute Gasteiger partial charge is 0.0344 e. The van der Waals surface area contributed by atoms with Crippen molar-refractivity contribution in [2.45, 2.75) is 25.7 Å². The second-order valence-electron chi connectivity index (χ2n) is 9.15. The van der Waals surface area contributed by atoms with Gasteiger partial charge in [-0.1, -0.05) is 121 Å². The van der Waals surface area contributed by atoms with E-state index in [1.54, 1.807) is 0 Å². The molecular formula is C32H24S2. The van der Waals surface area contributed by atoms with Crippen molar-refractivity contribution in [3.8, 4) is 0 Å². The summed E-state index contributed by atoms with van der Waals surface area (Å²) in [6, 6.07) is 36.2. The molecule has 0 aromatic heterocycles. The number of hydrogen-bond acceptors (Lipinski definition) is 2. The molecule has 0 nitrogen and oxygen atoms in total. The van der Waals surface area contributed by atoms with Crippen LogP contribution in [-0.2, 0) is 25.7 Å². The number of hydrogen-bond donors (Lipinski definition) is 0. The fourth-order valence-corrected chi connectivity index (χ4v) is 8.43. The van der Waals surface area contributed by atoms with Gasteiger partial charge in [0.15, 0.2) is 0 Å². The molecular weight excluding hydrogens is 448 g/mol. The highest BCUT2D eigenvalue weighted by molar-refractivity contribution is 8.26. The summed E-state index contributed by atoms with van der Waals surface area (Å²) >= 11 is 3.99. The monoisotopic (exact) mass is 472 g/mol. The average molecular weight is 473 g/mol. The van der Waals surface area contributed by atoms with E-state index in [4.69, 9.17) is 0 Å². The SMILES string of the molecule is c1ccc2c(c1)CCc1ccccc1C1=C2SC2=C(S1)c1ccccc1CCc1ccccc12. The molecule has 0 atom stereocenters. The van der Waals surface area contributed by atoms with Crippen LogP contribution in [0.15, 0.2) is 97.1 Å². The summed E-state index contributed by atoms with van der Waals surface area (Å²) in [5.41, 5.74) is 11.5. The van der Waals surface area contributed by atoms with Gasteiger partial charge in [-0.2, -0.15) is 0 Å². The number of aryl methyl sites for hydroxylation is 4. The molecule has 34 heavy (non-hydrogen) atoms. The van der Waals surface area contributed by atoms with Crippen LogP contribution in [-0.4, -0.2) is 0 Å². The molecule has 4 aromatic carbocycles. The van der Waals surface area contributed by atoms with Gasteiger partial charge in [-0.15, -0.1) is 0 Å². The van der Waals surface area contributed by atoms with Crippen LogP contribution in [0.4, 0.5) is 0 Å². The van der Waals surface area contributed by atoms with Crippen molar-refractivity contribution in [3.05, 3.63) is 142 Å². The zero-order valence-electron chi connectivity index (χ0n) is 18.9. The lowest BCUT2D eigenvalue weighted by Crippen LogP contribution is -2.09. The minimum absolute atomic E-state index is 1.08. The minimum atomic E-state index is 1.08. The van der Waals surface area contributed by atoms with Crippen molar-refractivity contribution < 1.29 is 0 Å². The molecule has 1 aliphatic heterocycles. The summed E-state index contributed by atoms with van der Waals surface area (Å²) in [6.45, 7) is 0. The van der Waals surface area contributed by atoms with Gasteiger partial charge in [0.25, 0.3) is 0 Å². The van der Waals surface area contributed by atoms with Crippen molar-refractivity contribution in [1.29, 1.82) is 0 Å². The zero-order chi connectivity index (χ0) is 22.5. The summed E-state index contributed by atoms with van der Waals surface area (Å²) in [6.07, 6.45) is 4.34. The van der Waals surface area contributed by atoms with Crippen LogP contribution in [0.25, 0.3) is 19.6 Å². The highest BCUT2D eigenvalue weighted by Crippen LogP contribution is 2.61. The van der Waals surface area contributed by atoms with Crippen molar-refractivity contribution in [3.63, 3.8) is 0 Å². The Morgan fingerprint density at radius 3 is 0.824 bits per heavy atom. The molecule has 0 radical (unpaired) electrons. The first-order chi connectivity index (χ1) is 16.9. The first kappa shape index (κ1) is 20.4. The lowest BCUT2D eigenvalue weighted by Gasteiger charge is -2.31. The van der Waals surface area contributed by atoms with Crippen LogP contribution in [0.1, 0.15) is 44.5 Å². The van der Waals surface area contributed by atoms with Gasteiger partial charge in [-0.05, 0) is 70.2 Å². The van der Waals surface area contributed by atoms with E-state index in [-0.39, 0.29) is 0 Å². The van der Waals surface area contributed by atoms with Gasteiger partial charge in [-0.25, -0.2) is 0 Å². The molecule has 0 amide bonds. The Morgan fingerprint density at radius 1 is 0.324 bits per heavy atom. The van der Waals surface area contributed by atoms with E-state index in [0.717, 1.165) is 25.7 Å². The molecule has 0 bridgehead atoms. The van der Waals surface area contributed by atoms with E-state index < -0.39 is 0 Å². The normalized spacial score (nSPS) is 16.5. The van der Waals surface area contributed by atoms with Crippen LogP contribution in [0.5, 0.6) is 0 Å². The molecule has 7 rings (SSSR count). The standard InChI is InChI=1S/C32H24S2/c1-5-13-25-21(9-1)17-18-22-10-2-6-14-26(22)30-29(25)33-31-27-15-7-3-11-23(27)19-20-24-12-4-8-16-28(24)32(31)34-30/h1-16H,17-20H2. The van der Waals surface area contributed by atoms with Crippen LogP contribution in [0.2, 0.25) is 0 Å².